The number of carbonyl (C=O) groups is 2. The summed E-state index contributed by atoms with van der Waals surface area (Å²) in [5.41, 5.74) is -1.63. The van der Waals surface area contributed by atoms with Gasteiger partial charge in [0.1, 0.15) is 5.69 Å². The van der Waals surface area contributed by atoms with Crippen LogP contribution in [0.5, 0.6) is 0 Å². The maximum atomic E-state index is 12.1. The third kappa shape index (κ3) is 3.80. The first-order valence-corrected chi connectivity index (χ1v) is 5.71. The van der Waals surface area contributed by atoms with Gasteiger partial charge in [-0.25, -0.2) is 4.79 Å². The minimum absolute atomic E-state index is 0.159. The van der Waals surface area contributed by atoms with Crippen molar-refractivity contribution in [2.75, 3.05) is 6.54 Å². The van der Waals surface area contributed by atoms with E-state index in [4.69, 9.17) is 5.11 Å². The molecular formula is C11H15N3O5. The van der Waals surface area contributed by atoms with Crippen molar-refractivity contribution >= 4 is 11.9 Å². The fourth-order valence-corrected chi connectivity index (χ4v) is 1.76. The highest BCUT2D eigenvalue weighted by Crippen LogP contribution is 2.07. The van der Waals surface area contributed by atoms with Gasteiger partial charge in [-0.15, -0.1) is 0 Å². The van der Waals surface area contributed by atoms with E-state index in [-0.39, 0.29) is 18.7 Å². The Morgan fingerprint density at radius 2 is 2.00 bits per heavy atom. The number of rotatable bonds is 5. The first-order valence-electron chi connectivity index (χ1n) is 5.71. The number of aliphatic carboxylic acids is 1. The van der Waals surface area contributed by atoms with Gasteiger partial charge in [0.15, 0.2) is 0 Å². The fourth-order valence-electron chi connectivity index (χ4n) is 1.76. The second-order valence-corrected chi connectivity index (χ2v) is 4.04. The molecule has 0 saturated heterocycles. The molecule has 1 amide bonds. The predicted molar refractivity (Wildman–Crippen MR) is 66.1 cm³/mol. The Bertz CT molecular complexity index is 560. The normalized spacial score (nSPS) is 11.9. The summed E-state index contributed by atoms with van der Waals surface area (Å²) in [5.74, 6) is -1.61. The molecule has 0 bridgehead atoms. The lowest BCUT2D eigenvalue weighted by Crippen LogP contribution is -2.41. The van der Waals surface area contributed by atoms with Crippen LogP contribution in [0.3, 0.4) is 0 Å². The number of hydrogen-bond donors (Lipinski definition) is 3. The number of aromatic amines is 2. The first kappa shape index (κ1) is 14.7. The van der Waals surface area contributed by atoms with Crippen molar-refractivity contribution in [2.24, 2.45) is 0 Å². The lowest BCUT2D eigenvalue weighted by Gasteiger charge is -2.26. The molecule has 1 heterocycles. The summed E-state index contributed by atoms with van der Waals surface area (Å²) in [6.07, 6.45) is -0.215. The summed E-state index contributed by atoms with van der Waals surface area (Å²) in [6, 6.07) is 0.428. The van der Waals surface area contributed by atoms with Crippen LogP contribution in [0.2, 0.25) is 0 Å². The van der Waals surface area contributed by atoms with E-state index in [1.807, 2.05) is 4.98 Å². The monoisotopic (exact) mass is 269 g/mol. The molecule has 1 aromatic rings. The van der Waals surface area contributed by atoms with Gasteiger partial charge >= 0.3 is 11.7 Å². The third-order valence-corrected chi connectivity index (χ3v) is 2.59. The van der Waals surface area contributed by atoms with Gasteiger partial charge in [-0.2, -0.15) is 0 Å². The number of carbonyl (C=O) groups excluding carboxylic acids is 1. The topological polar surface area (TPSA) is 123 Å². The van der Waals surface area contributed by atoms with Crippen molar-refractivity contribution in [1.82, 2.24) is 14.9 Å². The lowest BCUT2D eigenvalue weighted by molar-refractivity contribution is -0.138. The smallest absolute Gasteiger partial charge is 0.326 e. The van der Waals surface area contributed by atoms with E-state index < -0.39 is 29.2 Å². The van der Waals surface area contributed by atoms with Crippen LogP contribution in [-0.4, -0.2) is 44.4 Å². The second kappa shape index (κ2) is 5.98. The summed E-state index contributed by atoms with van der Waals surface area (Å²) in [6.45, 7) is 3.53. The fraction of sp³-hybridized carbons (Fsp3) is 0.455. The Hall–Kier alpha value is -2.38. The number of amides is 1. The maximum Gasteiger partial charge on any atom is 0.326 e. The van der Waals surface area contributed by atoms with Crippen LogP contribution in [0, 0.1) is 0 Å². The average molecular weight is 269 g/mol. The molecule has 0 saturated carbocycles. The maximum absolute atomic E-state index is 12.1. The standard InChI is InChI=1S/C11H15N3O5/c1-3-14(6(2)4-9(16)17)10(18)7-5-8(15)13-11(19)12-7/h5-6H,3-4H2,1-2H3,(H,16,17)(H2,12,13,15,19). The van der Waals surface area contributed by atoms with Crippen molar-refractivity contribution in [3.05, 3.63) is 32.6 Å². The molecule has 3 N–H and O–H groups in total. The molecule has 0 aliphatic heterocycles. The average Bonchev–Trinajstić information content (AvgIpc) is 2.27. The van der Waals surface area contributed by atoms with Gasteiger partial charge < -0.3 is 15.0 Å². The minimum atomic E-state index is -1.03. The molecule has 1 aromatic heterocycles. The quantitative estimate of drug-likeness (QED) is 0.657. The zero-order valence-electron chi connectivity index (χ0n) is 10.6. The molecular weight excluding hydrogens is 254 g/mol. The zero-order valence-corrected chi connectivity index (χ0v) is 10.6. The van der Waals surface area contributed by atoms with Gasteiger partial charge in [0.05, 0.1) is 6.42 Å². The molecule has 0 radical (unpaired) electrons. The van der Waals surface area contributed by atoms with Crippen molar-refractivity contribution in [3.63, 3.8) is 0 Å². The van der Waals surface area contributed by atoms with E-state index in [1.54, 1.807) is 13.8 Å². The zero-order chi connectivity index (χ0) is 14.6. The van der Waals surface area contributed by atoms with E-state index in [0.29, 0.717) is 0 Å². The van der Waals surface area contributed by atoms with Gasteiger partial charge in [0.25, 0.3) is 11.5 Å². The summed E-state index contributed by atoms with van der Waals surface area (Å²) in [7, 11) is 0. The molecule has 1 atom stereocenters. The number of carboxylic acid groups (broad SMARTS) is 1. The molecule has 19 heavy (non-hydrogen) atoms. The molecule has 8 heteroatoms. The molecule has 104 valence electrons. The molecule has 1 unspecified atom stereocenters. The van der Waals surface area contributed by atoms with Gasteiger partial charge in [-0.1, -0.05) is 0 Å². The van der Waals surface area contributed by atoms with Crippen LogP contribution in [0.4, 0.5) is 0 Å². The minimum Gasteiger partial charge on any atom is -0.481 e. The molecule has 0 fully saturated rings. The van der Waals surface area contributed by atoms with Crippen LogP contribution in [0.15, 0.2) is 15.7 Å². The Balaban J connectivity index is 3.04. The van der Waals surface area contributed by atoms with Gasteiger partial charge in [0, 0.05) is 18.7 Å². The molecule has 8 nitrogen and oxygen atoms in total. The van der Waals surface area contributed by atoms with E-state index in [2.05, 4.69) is 4.98 Å². The van der Waals surface area contributed by atoms with Crippen molar-refractivity contribution in [3.8, 4) is 0 Å². The van der Waals surface area contributed by atoms with Crippen LogP contribution >= 0.6 is 0 Å². The summed E-state index contributed by atoms with van der Waals surface area (Å²) < 4.78 is 0. The van der Waals surface area contributed by atoms with E-state index in [9.17, 15) is 19.2 Å². The van der Waals surface area contributed by atoms with Crippen LogP contribution < -0.4 is 11.2 Å². The van der Waals surface area contributed by atoms with E-state index in [1.165, 1.54) is 4.90 Å². The number of H-pyrrole nitrogens is 2. The van der Waals surface area contributed by atoms with Crippen LogP contribution in [-0.2, 0) is 4.79 Å². The Morgan fingerprint density at radius 3 is 2.47 bits per heavy atom. The molecule has 0 aromatic carbocycles. The number of nitrogens with zero attached hydrogens (tertiary/aromatic N) is 1. The summed E-state index contributed by atoms with van der Waals surface area (Å²) in [4.78, 5) is 50.4. The third-order valence-electron chi connectivity index (χ3n) is 2.59. The van der Waals surface area contributed by atoms with E-state index in [0.717, 1.165) is 6.07 Å². The summed E-state index contributed by atoms with van der Waals surface area (Å²) >= 11 is 0. The number of aromatic nitrogens is 2. The largest absolute Gasteiger partial charge is 0.481 e. The molecule has 0 aliphatic carbocycles. The van der Waals surface area contributed by atoms with Crippen molar-refractivity contribution in [1.29, 1.82) is 0 Å². The molecule has 1 rings (SSSR count). The summed E-state index contributed by atoms with van der Waals surface area (Å²) in [5, 5.41) is 8.72. The highest BCUT2D eigenvalue weighted by Gasteiger charge is 2.22. The SMILES string of the molecule is CCN(C(=O)c1cc(=O)[nH]c(=O)[nH]1)C(C)CC(=O)O. The van der Waals surface area contributed by atoms with Crippen molar-refractivity contribution in [2.45, 2.75) is 26.3 Å². The van der Waals surface area contributed by atoms with Gasteiger partial charge in [0.2, 0.25) is 0 Å². The van der Waals surface area contributed by atoms with Gasteiger partial charge in [-0.3, -0.25) is 19.4 Å². The highest BCUT2D eigenvalue weighted by atomic mass is 16.4. The highest BCUT2D eigenvalue weighted by molar-refractivity contribution is 5.92. The second-order valence-electron chi connectivity index (χ2n) is 4.04. The van der Waals surface area contributed by atoms with Crippen LogP contribution in [0.1, 0.15) is 30.8 Å². The molecule has 0 aliphatic rings. The Morgan fingerprint density at radius 1 is 1.37 bits per heavy atom. The number of carboxylic acids is 1. The van der Waals surface area contributed by atoms with Crippen LogP contribution in [0.25, 0.3) is 0 Å². The Kier molecular flexibility index (Phi) is 4.62. The number of nitrogens with one attached hydrogen (secondary N) is 2. The molecule has 0 spiro atoms. The number of hydrogen-bond acceptors (Lipinski definition) is 4. The lowest BCUT2D eigenvalue weighted by atomic mass is 10.2. The first-order chi connectivity index (χ1) is 8.85. The van der Waals surface area contributed by atoms with Gasteiger partial charge in [-0.05, 0) is 13.8 Å². The van der Waals surface area contributed by atoms with E-state index >= 15 is 0 Å². The predicted octanol–water partition coefficient (Wildman–Crippen LogP) is -0.611. The Labute approximate surface area is 108 Å². The van der Waals surface area contributed by atoms with Crippen molar-refractivity contribution < 1.29 is 14.7 Å².